The first kappa shape index (κ1) is 97.5. The predicted molar refractivity (Wildman–Crippen MR) is 429 cm³/mol. The Morgan fingerprint density at radius 1 is 0.340 bits per heavy atom. The van der Waals surface area contributed by atoms with Crippen LogP contribution in [0.5, 0.6) is 0 Å². The molecule has 14 nitrogen and oxygen atoms in total. The van der Waals surface area contributed by atoms with E-state index in [1.54, 1.807) is 6.08 Å². The third-order valence-electron chi connectivity index (χ3n) is 22.4. The lowest BCUT2D eigenvalue weighted by molar-refractivity contribution is -0.359. The van der Waals surface area contributed by atoms with Crippen LogP contribution in [0.25, 0.3) is 0 Å². The number of aliphatic hydroxyl groups excluding tert-OH is 8. The molecule has 0 aromatic carbocycles. The smallest absolute Gasteiger partial charge is 0.220 e. The molecule has 610 valence electrons. The third kappa shape index (κ3) is 55.5. The molecule has 2 rings (SSSR count). The molecule has 0 bridgehead atoms. The second-order valence-corrected chi connectivity index (χ2v) is 32.1. The van der Waals surface area contributed by atoms with E-state index in [1.807, 2.05) is 6.08 Å². The Balaban J connectivity index is 1.56. The number of aliphatic hydroxyl groups is 8. The Morgan fingerprint density at radius 3 is 0.922 bits per heavy atom. The van der Waals surface area contributed by atoms with Crippen LogP contribution < -0.4 is 5.32 Å². The van der Waals surface area contributed by atoms with Crippen LogP contribution in [0.15, 0.2) is 24.3 Å². The number of rotatable bonds is 78. The SMILES string of the molecule is CCCCCCCCCC/C=C\CCCCCCCCCCCCCCCCCCCCCCCCCCCC(=O)NC(COC1OC(CO)C(OC2OC(CO)C(O)C(O)C2O)C(O)C1O)C(O)/C=C/CCCCCCCCCCCCCCCCCCCCCCCCCCCCCCCC. The van der Waals surface area contributed by atoms with E-state index in [1.165, 1.54) is 379 Å². The van der Waals surface area contributed by atoms with Gasteiger partial charge < -0.3 is 65.1 Å². The molecule has 2 saturated heterocycles. The summed E-state index contributed by atoms with van der Waals surface area (Å²) in [5, 5.41) is 87.9. The quantitative estimate of drug-likeness (QED) is 0.0204. The number of allylic oxidation sites excluding steroid dienone is 3. The second-order valence-electron chi connectivity index (χ2n) is 32.1. The first-order valence-corrected chi connectivity index (χ1v) is 45.1. The van der Waals surface area contributed by atoms with Crippen molar-refractivity contribution >= 4 is 5.91 Å². The number of unbranched alkanes of at least 4 members (excludes halogenated alkanes) is 63. The highest BCUT2D eigenvalue weighted by Gasteiger charge is 2.51. The minimum atomic E-state index is -1.79. The summed E-state index contributed by atoms with van der Waals surface area (Å²) in [7, 11) is 0. The summed E-state index contributed by atoms with van der Waals surface area (Å²) in [6.45, 7) is 2.88. The van der Waals surface area contributed by atoms with Crippen LogP contribution in [0, 0.1) is 0 Å². The van der Waals surface area contributed by atoms with E-state index in [4.69, 9.17) is 18.9 Å². The number of amides is 1. The van der Waals surface area contributed by atoms with Gasteiger partial charge in [-0.25, -0.2) is 0 Å². The molecule has 1 amide bonds. The topological polar surface area (TPSA) is 228 Å². The summed E-state index contributed by atoms with van der Waals surface area (Å²) in [6.07, 6.45) is 80.2. The molecule has 0 spiro atoms. The summed E-state index contributed by atoms with van der Waals surface area (Å²) in [4.78, 5) is 13.4. The number of ether oxygens (including phenoxy) is 4. The van der Waals surface area contributed by atoms with Gasteiger partial charge in [-0.3, -0.25) is 4.79 Å². The standard InChI is InChI=1S/C89H171NO13/c1-3-5-7-9-11-13-15-17-19-21-23-25-27-29-31-33-35-37-38-39-40-41-43-45-47-49-51-53-55-57-59-61-63-65-67-69-71-73-81(94)90-77(76-100-88-86(99)84(97)87(80(75-92)102-88)103-89-85(98)83(96)82(95)79(74-91)101-89)78(93)72-70-68-66-64-62-60-58-56-54-52-50-48-46-44-42-36-34-32-30-28-26-24-22-20-18-16-14-12-10-8-6-4-2/h21,23,70,72,77-80,82-89,91-93,95-99H,3-20,22,24-69,71,73-76H2,1-2H3,(H,90,94)/b23-21-,72-70+. The predicted octanol–water partition coefficient (Wildman–Crippen LogP) is 21.8. The van der Waals surface area contributed by atoms with Crippen LogP contribution in [0.4, 0.5) is 0 Å². The van der Waals surface area contributed by atoms with Gasteiger partial charge in [-0.2, -0.15) is 0 Å². The molecule has 0 aromatic rings. The molecule has 0 aromatic heterocycles. The van der Waals surface area contributed by atoms with Crippen LogP contribution in [0.3, 0.4) is 0 Å². The summed E-state index contributed by atoms with van der Waals surface area (Å²) >= 11 is 0. The van der Waals surface area contributed by atoms with Gasteiger partial charge in [0, 0.05) is 6.42 Å². The first-order valence-electron chi connectivity index (χ1n) is 45.1. The van der Waals surface area contributed by atoms with Crippen molar-refractivity contribution in [1.29, 1.82) is 0 Å². The van der Waals surface area contributed by atoms with Crippen molar-refractivity contribution < 1.29 is 64.6 Å². The number of carbonyl (C=O) groups excluding carboxylic acids is 1. The van der Waals surface area contributed by atoms with Gasteiger partial charge in [0.2, 0.25) is 5.91 Å². The van der Waals surface area contributed by atoms with Crippen LogP contribution in [-0.4, -0.2) is 140 Å². The zero-order valence-electron chi connectivity index (χ0n) is 67.4. The molecule has 0 radical (unpaired) electrons. The average molecular weight is 1460 g/mol. The van der Waals surface area contributed by atoms with Crippen LogP contribution in [0.2, 0.25) is 0 Å². The average Bonchev–Trinajstić information content (AvgIpc) is 0.791. The van der Waals surface area contributed by atoms with Crippen LogP contribution >= 0.6 is 0 Å². The Morgan fingerprint density at radius 2 is 0.612 bits per heavy atom. The third-order valence-corrected chi connectivity index (χ3v) is 22.4. The highest BCUT2D eigenvalue weighted by molar-refractivity contribution is 5.76. The lowest BCUT2D eigenvalue weighted by Crippen LogP contribution is -2.65. The van der Waals surface area contributed by atoms with Crippen molar-refractivity contribution in [2.75, 3.05) is 19.8 Å². The Hall–Kier alpha value is -1.53. The van der Waals surface area contributed by atoms with Crippen LogP contribution in [-0.2, 0) is 23.7 Å². The molecule has 2 heterocycles. The Bertz CT molecular complexity index is 1820. The summed E-state index contributed by atoms with van der Waals surface area (Å²) in [6, 6.07) is -0.914. The number of carbonyl (C=O) groups is 1. The molecule has 2 aliphatic rings. The lowest BCUT2D eigenvalue weighted by Gasteiger charge is -2.46. The van der Waals surface area contributed by atoms with E-state index >= 15 is 0 Å². The largest absolute Gasteiger partial charge is 0.394 e. The van der Waals surface area contributed by atoms with Gasteiger partial charge >= 0.3 is 0 Å². The van der Waals surface area contributed by atoms with E-state index in [2.05, 4.69) is 31.3 Å². The van der Waals surface area contributed by atoms with Crippen molar-refractivity contribution in [3.05, 3.63) is 24.3 Å². The lowest BCUT2D eigenvalue weighted by atomic mass is 9.97. The zero-order valence-corrected chi connectivity index (χ0v) is 67.4. The van der Waals surface area contributed by atoms with Gasteiger partial charge in [-0.05, 0) is 44.9 Å². The van der Waals surface area contributed by atoms with Crippen molar-refractivity contribution in [1.82, 2.24) is 5.32 Å². The first-order chi connectivity index (χ1) is 50.6. The normalized spacial score (nSPS) is 21.6. The van der Waals surface area contributed by atoms with Gasteiger partial charge in [0.1, 0.15) is 48.8 Å². The molecular formula is C89H171NO13. The minimum absolute atomic E-state index is 0.228. The highest BCUT2D eigenvalue weighted by atomic mass is 16.7. The van der Waals surface area contributed by atoms with Gasteiger partial charge in [0.05, 0.1) is 32.0 Å². The van der Waals surface area contributed by atoms with Gasteiger partial charge in [-0.15, -0.1) is 0 Å². The van der Waals surface area contributed by atoms with Gasteiger partial charge in [0.15, 0.2) is 12.6 Å². The maximum Gasteiger partial charge on any atom is 0.220 e. The van der Waals surface area contributed by atoms with E-state index in [0.717, 1.165) is 38.5 Å². The minimum Gasteiger partial charge on any atom is -0.394 e. The van der Waals surface area contributed by atoms with Gasteiger partial charge in [-0.1, -0.05) is 417 Å². The van der Waals surface area contributed by atoms with E-state index in [-0.39, 0.29) is 18.9 Å². The molecule has 2 fully saturated rings. The number of hydrogen-bond acceptors (Lipinski definition) is 13. The maximum absolute atomic E-state index is 13.4. The molecule has 12 unspecified atom stereocenters. The van der Waals surface area contributed by atoms with E-state index in [0.29, 0.717) is 6.42 Å². The van der Waals surface area contributed by atoms with Crippen molar-refractivity contribution in [3.8, 4) is 0 Å². The van der Waals surface area contributed by atoms with Crippen molar-refractivity contribution in [2.24, 2.45) is 0 Å². The molecule has 0 aliphatic carbocycles. The fourth-order valence-electron chi connectivity index (χ4n) is 15.3. The molecule has 103 heavy (non-hydrogen) atoms. The fourth-order valence-corrected chi connectivity index (χ4v) is 15.3. The second kappa shape index (κ2) is 73.3. The maximum atomic E-state index is 13.4. The summed E-state index contributed by atoms with van der Waals surface area (Å²) < 4.78 is 23.0. The van der Waals surface area contributed by atoms with Crippen molar-refractivity contribution in [3.63, 3.8) is 0 Å². The summed E-state index contributed by atoms with van der Waals surface area (Å²) in [5.74, 6) is -0.228. The van der Waals surface area contributed by atoms with E-state index < -0.39 is 86.8 Å². The molecule has 12 atom stereocenters. The molecule has 0 saturated carbocycles. The Labute approximate surface area is 634 Å². The van der Waals surface area contributed by atoms with E-state index in [9.17, 15) is 45.6 Å². The molecule has 9 N–H and O–H groups in total. The highest BCUT2D eigenvalue weighted by Crippen LogP contribution is 2.31. The van der Waals surface area contributed by atoms with Crippen LogP contribution in [0.1, 0.15) is 444 Å². The Kier molecular flexibility index (Phi) is 69.4. The monoisotopic (exact) mass is 1460 g/mol. The molecule has 2 aliphatic heterocycles. The fraction of sp³-hybridized carbons (Fsp3) is 0.944. The number of hydrogen-bond donors (Lipinski definition) is 9. The number of nitrogens with one attached hydrogen (secondary N) is 1. The molecular weight excluding hydrogens is 1290 g/mol. The molecule has 14 heteroatoms. The zero-order chi connectivity index (χ0) is 74.4. The van der Waals surface area contributed by atoms with Gasteiger partial charge in [0.25, 0.3) is 0 Å². The summed E-state index contributed by atoms with van der Waals surface area (Å²) in [5.41, 5.74) is 0. The van der Waals surface area contributed by atoms with Crippen molar-refractivity contribution in [2.45, 2.75) is 518 Å².